The van der Waals surface area contributed by atoms with Gasteiger partial charge in [-0.1, -0.05) is 13.8 Å². The summed E-state index contributed by atoms with van der Waals surface area (Å²) in [6.07, 6.45) is 1.29. The molecule has 2 aliphatic rings. The van der Waals surface area contributed by atoms with E-state index in [9.17, 15) is 0 Å². The second kappa shape index (κ2) is 4.14. The molecule has 0 amide bonds. The van der Waals surface area contributed by atoms with Crippen molar-refractivity contribution in [1.82, 2.24) is 4.90 Å². The van der Waals surface area contributed by atoms with E-state index in [1.165, 1.54) is 12.2 Å². The third-order valence-corrected chi connectivity index (χ3v) is 4.28. The molecule has 3 rings (SSSR count). The van der Waals surface area contributed by atoms with Crippen LogP contribution in [-0.4, -0.2) is 24.0 Å². The molecule has 1 saturated heterocycles. The van der Waals surface area contributed by atoms with E-state index in [0.29, 0.717) is 17.9 Å². The number of nitrogens with zero attached hydrogens (tertiary/aromatic N) is 1. The van der Waals surface area contributed by atoms with Crippen molar-refractivity contribution in [3.05, 3.63) is 23.7 Å². The van der Waals surface area contributed by atoms with Crippen LogP contribution in [0.4, 0.5) is 0 Å². The van der Waals surface area contributed by atoms with E-state index in [4.69, 9.17) is 10.2 Å². The molecular formula is C14H22N2O. The second-order valence-electron chi connectivity index (χ2n) is 5.96. The van der Waals surface area contributed by atoms with Crippen molar-refractivity contribution in [2.75, 3.05) is 13.1 Å². The Balaban J connectivity index is 1.60. The molecule has 3 nitrogen and oxygen atoms in total. The van der Waals surface area contributed by atoms with Gasteiger partial charge < -0.3 is 10.2 Å². The minimum atomic E-state index is 0.327. The Hall–Kier alpha value is -0.800. The molecule has 94 valence electrons. The van der Waals surface area contributed by atoms with Crippen LogP contribution in [0.25, 0.3) is 0 Å². The fourth-order valence-electron chi connectivity index (χ4n) is 2.84. The van der Waals surface area contributed by atoms with Crippen molar-refractivity contribution in [2.45, 2.75) is 38.8 Å². The minimum absolute atomic E-state index is 0.327. The maximum Gasteiger partial charge on any atom is 0.118 e. The second-order valence-corrected chi connectivity index (χ2v) is 5.96. The molecule has 17 heavy (non-hydrogen) atoms. The van der Waals surface area contributed by atoms with E-state index in [0.717, 1.165) is 31.3 Å². The van der Waals surface area contributed by atoms with Gasteiger partial charge in [-0.05, 0) is 30.4 Å². The summed E-state index contributed by atoms with van der Waals surface area (Å²) in [5.41, 5.74) is 6.03. The summed E-state index contributed by atoms with van der Waals surface area (Å²) in [4.78, 5) is 2.40. The molecule has 0 aromatic carbocycles. The smallest absolute Gasteiger partial charge is 0.118 e. The Morgan fingerprint density at radius 2 is 2.06 bits per heavy atom. The van der Waals surface area contributed by atoms with Crippen LogP contribution in [-0.2, 0) is 6.54 Å². The molecule has 1 aliphatic heterocycles. The number of nitrogens with two attached hydrogens (primary N) is 1. The van der Waals surface area contributed by atoms with Crippen molar-refractivity contribution in [1.29, 1.82) is 0 Å². The average molecular weight is 234 g/mol. The predicted octanol–water partition coefficient (Wildman–Crippen LogP) is 2.18. The molecule has 3 heteroatoms. The summed E-state index contributed by atoms with van der Waals surface area (Å²) in [5.74, 6) is 4.38. The SMILES string of the molecule is CC1CN(Cc2ccc(C3CC3C)o2)CC1N. The lowest BCUT2D eigenvalue weighted by Crippen LogP contribution is -2.28. The van der Waals surface area contributed by atoms with Crippen LogP contribution in [0, 0.1) is 11.8 Å². The molecule has 1 aliphatic carbocycles. The highest BCUT2D eigenvalue weighted by Crippen LogP contribution is 2.47. The van der Waals surface area contributed by atoms with Crippen LogP contribution < -0.4 is 5.73 Å². The van der Waals surface area contributed by atoms with Crippen molar-refractivity contribution in [3.63, 3.8) is 0 Å². The van der Waals surface area contributed by atoms with E-state index in [1.807, 2.05) is 0 Å². The Kier molecular flexibility index (Phi) is 2.75. The van der Waals surface area contributed by atoms with Crippen LogP contribution in [0.3, 0.4) is 0 Å². The van der Waals surface area contributed by atoms with Crippen LogP contribution in [0.2, 0.25) is 0 Å². The molecule has 0 spiro atoms. The molecule has 0 bridgehead atoms. The molecule has 1 aromatic rings. The number of hydrogen-bond acceptors (Lipinski definition) is 3. The lowest BCUT2D eigenvalue weighted by molar-refractivity contribution is 0.283. The standard InChI is InChI=1S/C14H22N2O/c1-9-5-12(9)14-4-3-11(17-14)7-16-6-10(2)13(15)8-16/h3-4,9-10,12-13H,5-8,15H2,1-2H3. The van der Waals surface area contributed by atoms with Gasteiger partial charge in [0.15, 0.2) is 0 Å². The number of likely N-dealkylation sites (tertiary alicyclic amines) is 1. The van der Waals surface area contributed by atoms with Crippen LogP contribution in [0.1, 0.15) is 37.7 Å². The maximum absolute atomic E-state index is 6.03. The van der Waals surface area contributed by atoms with Gasteiger partial charge in [0.1, 0.15) is 11.5 Å². The molecular weight excluding hydrogens is 212 g/mol. The largest absolute Gasteiger partial charge is 0.464 e. The number of rotatable bonds is 3. The predicted molar refractivity (Wildman–Crippen MR) is 67.6 cm³/mol. The third kappa shape index (κ3) is 2.26. The first-order chi connectivity index (χ1) is 8.13. The van der Waals surface area contributed by atoms with Crippen molar-refractivity contribution >= 4 is 0 Å². The Bertz CT molecular complexity index is 391. The number of furan rings is 1. The zero-order valence-electron chi connectivity index (χ0n) is 10.7. The van der Waals surface area contributed by atoms with Crippen molar-refractivity contribution in [2.24, 2.45) is 17.6 Å². The number of hydrogen-bond donors (Lipinski definition) is 1. The van der Waals surface area contributed by atoms with Gasteiger partial charge >= 0.3 is 0 Å². The molecule has 2 heterocycles. The summed E-state index contributed by atoms with van der Waals surface area (Å²) in [6, 6.07) is 4.62. The summed E-state index contributed by atoms with van der Waals surface area (Å²) in [5, 5.41) is 0. The highest BCUT2D eigenvalue weighted by atomic mass is 16.3. The first-order valence-electron chi connectivity index (χ1n) is 6.70. The zero-order chi connectivity index (χ0) is 12.0. The first-order valence-corrected chi connectivity index (χ1v) is 6.70. The topological polar surface area (TPSA) is 42.4 Å². The summed E-state index contributed by atoms with van der Waals surface area (Å²) < 4.78 is 5.93. The van der Waals surface area contributed by atoms with Gasteiger partial charge in [0.25, 0.3) is 0 Å². The molecule has 4 atom stereocenters. The van der Waals surface area contributed by atoms with Gasteiger partial charge in [-0.15, -0.1) is 0 Å². The maximum atomic E-state index is 6.03. The Labute approximate surface area is 103 Å². The molecule has 4 unspecified atom stereocenters. The summed E-state index contributed by atoms with van der Waals surface area (Å²) in [7, 11) is 0. The minimum Gasteiger partial charge on any atom is -0.464 e. The zero-order valence-corrected chi connectivity index (χ0v) is 10.7. The fourth-order valence-corrected chi connectivity index (χ4v) is 2.84. The normalized spacial score (nSPS) is 37.6. The van der Waals surface area contributed by atoms with E-state index < -0.39 is 0 Å². The lowest BCUT2D eigenvalue weighted by Gasteiger charge is -2.12. The van der Waals surface area contributed by atoms with Crippen LogP contribution in [0.5, 0.6) is 0 Å². The monoisotopic (exact) mass is 234 g/mol. The van der Waals surface area contributed by atoms with Crippen molar-refractivity contribution in [3.8, 4) is 0 Å². The third-order valence-electron chi connectivity index (χ3n) is 4.28. The molecule has 0 radical (unpaired) electrons. The lowest BCUT2D eigenvalue weighted by atomic mass is 10.1. The quantitative estimate of drug-likeness (QED) is 0.871. The Morgan fingerprint density at radius 1 is 1.29 bits per heavy atom. The molecule has 1 saturated carbocycles. The van der Waals surface area contributed by atoms with E-state index in [2.05, 4.69) is 30.9 Å². The van der Waals surface area contributed by atoms with Crippen molar-refractivity contribution < 1.29 is 4.42 Å². The van der Waals surface area contributed by atoms with Gasteiger partial charge in [-0.25, -0.2) is 0 Å². The highest BCUT2D eigenvalue weighted by Gasteiger charge is 2.36. The highest BCUT2D eigenvalue weighted by molar-refractivity contribution is 5.17. The molecule has 2 fully saturated rings. The van der Waals surface area contributed by atoms with Gasteiger partial charge in [0.05, 0.1) is 6.54 Å². The van der Waals surface area contributed by atoms with Gasteiger partial charge in [-0.3, -0.25) is 4.90 Å². The van der Waals surface area contributed by atoms with Gasteiger partial charge in [0, 0.05) is 25.0 Å². The van der Waals surface area contributed by atoms with Gasteiger partial charge in [0.2, 0.25) is 0 Å². The molecule has 1 aromatic heterocycles. The van der Waals surface area contributed by atoms with E-state index in [1.54, 1.807) is 0 Å². The van der Waals surface area contributed by atoms with Crippen LogP contribution >= 0.6 is 0 Å². The van der Waals surface area contributed by atoms with Crippen LogP contribution in [0.15, 0.2) is 16.5 Å². The van der Waals surface area contributed by atoms with Gasteiger partial charge in [-0.2, -0.15) is 0 Å². The summed E-state index contributed by atoms with van der Waals surface area (Å²) >= 11 is 0. The molecule has 2 N–H and O–H groups in total. The summed E-state index contributed by atoms with van der Waals surface area (Å²) in [6.45, 7) is 7.52. The van der Waals surface area contributed by atoms with E-state index >= 15 is 0 Å². The van der Waals surface area contributed by atoms with E-state index in [-0.39, 0.29) is 0 Å². The first kappa shape index (κ1) is 11.3. The fraction of sp³-hybridized carbons (Fsp3) is 0.714. The average Bonchev–Trinajstić information content (AvgIpc) is 2.70. The Morgan fingerprint density at radius 3 is 2.65 bits per heavy atom.